The number of methoxy groups -OCH3 is 1. The summed E-state index contributed by atoms with van der Waals surface area (Å²) in [6.45, 7) is 10.2. The topological polar surface area (TPSA) is 71.1 Å². The van der Waals surface area contributed by atoms with E-state index in [4.69, 9.17) is 18.9 Å². The summed E-state index contributed by atoms with van der Waals surface area (Å²) in [5.41, 5.74) is 2.00. The summed E-state index contributed by atoms with van der Waals surface area (Å²) in [4.78, 5) is 22.8. The van der Waals surface area contributed by atoms with E-state index >= 15 is 0 Å². The molecule has 0 N–H and O–H groups in total. The third-order valence-corrected chi connectivity index (χ3v) is 6.56. The average Bonchev–Trinajstić information content (AvgIpc) is 2.65. The van der Waals surface area contributed by atoms with Crippen molar-refractivity contribution in [3.8, 4) is 11.5 Å². The Bertz CT molecular complexity index is 829. The van der Waals surface area contributed by atoms with E-state index in [0.29, 0.717) is 24.7 Å². The van der Waals surface area contributed by atoms with E-state index in [-0.39, 0.29) is 35.2 Å². The van der Waals surface area contributed by atoms with Gasteiger partial charge in [-0.25, -0.2) is 0 Å². The summed E-state index contributed by atoms with van der Waals surface area (Å²) in [5.74, 6) is 0.885. The molecule has 1 heterocycles. The fourth-order valence-corrected chi connectivity index (χ4v) is 4.89. The lowest BCUT2D eigenvalue weighted by Gasteiger charge is -2.55. The van der Waals surface area contributed by atoms with Crippen LogP contribution in [-0.2, 0) is 19.1 Å². The highest BCUT2D eigenvalue weighted by Gasteiger charge is 2.54. The Kier molecular flexibility index (Phi) is 6.03. The molecule has 0 spiro atoms. The molecule has 29 heavy (non-hydrogen) atoms. The van der Waals surface area contributed by atoms with Crippen LogP contribution in [0.1, 0.15) is 46.3 Å². The molecule has 3 rings (SSSR count). The van der Waals surface area contributed by atoms with E-state index in [1.54, 1.807) is 13.2 Å². The van der Waals surface area contributed by atoms with Crippen LogP contribution in [0.5, 0.6) is 11.5 Å². The molecule has 1 aromatic carbocycles. The third-order valence-electron chi connectivity index (χ3n) is 6.56. The van der Waals surface area contributed by atoms with E-state index in [0.717, 1.165) is 5.56 Å². The Morgan fingerprint density at radius 2 is 1.90 bits per heavy atom. The number of carbonyl (C=O) groups is 2. The molecule has 2 aliphatic rings. The zero-order chi connectivity index (χ0) is 21.3. The number of carbonyl (C=O) groups excluding carboxylic acids is 2. The number of allylic oxidation sites excluding steroid dienone is 1. The Hall–Kier alpha value is -2.34. The lowest BCUT2D eigenvalue weighted by Crippen LogP contribution is -2.54. The van der Waals surface area contributed by atoms with Gasteiger partial charge in [0, 0.05) is 25.2 Å². The van der Waals surface area contributed by atoms with E-state index in [9.17, 15) is 9.59 Å². The maximum Gasteiger partial charge on any atom is 0.308 e. The van der Waals surface area contributed by atoms with Gasteiger partial charge in [0.05, 0.1) is 26.4 Å². The number of hydrogen-bond donors (Lipinski definition) is 0. The summed E-state index contributed by atoms with van der Waals surface area (Å²) < 4.78 is 22.5. The second kappa shape index (κ2) is 8.19. The molecule has 1 aliphatic carbocycles. The van der Waals surface area contributed by atoms with Crippen LogP contribution in [0.3, 0.4) is 0 Å². The van der Waals surface area contributed by atoms with Gasteiger partial charge < -0.3 is 18.9 Å². The van der Waals surface area contributed by atoms with Crippen molar-refractivity contribution in [2.75, 3.05) is 20.3 Å². The summed E-state index contributed by atoms with van der Waals surface area (Å²) in [5, 5.41) is 0. The SMILES string of the molecule is COc1cc([C@H]2OC[C@]3(COC(C)=O)[C@@H](C)C=C(C)[C@H]2[C@@H]3C)ccc1OC(C)=O. The molecular formula is C23H30O6. The van der Waals surface area contributed by atoms with Crippen molar-refractivity contribution in [1.82, 2.24) is 0 Å². The minimum absolute atomic E-state index is 0.153. The second-order valence-electron chi connectivity index (χ2n) is 8.26. The Morgan fingerprint density at radius 1 is 1.17 bits per heavy atom. The number of hydrogen-bond acceptors (Lipinski definition) is 6. The first-order chi connectivity index (χ1) is 13.7. The Labute approximate surface area is 172 Å². The van der Waals surface area contributed by atoms with E-state index < -0.39 is 5.97 Å². The lowest BCUT2D eigenvalue weighted by atomic mass is 9.56. The zero-order valence-electron chi connectivity index (χ0n) is 18.0. The van der Waals surface area contributed by atoms with Gasteiger partial charge in [0.15, 0.2) is 11.5 Å². The minimum Gasteiger partial charge on any atom is -0.493 e. The van der Waals surface area contributed by atoms with Crippen LogP contribution in [0.4, 0.5) is 0 Å². The molecule has 0 saturated carbocycles. The normalized spacial score (nSPS) is 30.9. The standard InChI is InChI=1S/C23H30O6/c1-13-9-14(2)23(11-27-16(4)24)12-28-22(21(13)15(23)3)18-7-8-19(29-17(5)25)20(10-18)26-6/h7-10,14-15,21-22H,11-12H2,1-6H3/t14-,15-,21-,22+,23+/m0/s1. The minimum atomic E-state index is -0.395. The molecule has 1 aromatic rings. The van der Waals surface area contributed by atoms with Crippen molar-refractivity contribution in [3.05, 3.63) is 35.4 Å². The van der Waals surface area contributed by atoms with Crippen molar-refractivity contribution in [2.45, 2.75) is 40.7 Å². The molecule has 158 valence electrons. The van der Waals surface area contributed by atoms with Gasteiger partial charge in [0.1, 0.15) is 0 Å². The lowest BCUT2D eigenvalue weighted by molar-refractivity contribution is -0.180. The molecule has 0 radical (unpaired) electrons. The van der Waals surface area contributed by atoms with Crippen LogP contribution >= 0.6 is 0 Å². The predicted molar refractivity (Wildman–Crippen MR) is 108 cm³/mol. The molecule has 0 aromatic heterocycles. The molecule has 6 heteroatoms. The molecule has 5 atom stereocenters. The zero-order valence-corrected chi connectivity index (χ0v) is 18.0. The van der Waals surface area contributed by atoms with Crippen LogP contribution < -0.4 is 9.47 Å². The number of esters is 2. The van der Waals surface area contributed by atoms with Crippen LogP contribution in [0.25, 0.3) is 0 Å². The molecular weight excluding hydrogens is 372 g/mol. The highest BCUT2D eigenvalue weighted by molar-refractivity contribution is 5.70. The van der Waals surface area contributed by atoms with Gasteiger partial charge in [0.25, 0.3) is 0 Å². The smallest absolute Gasteiger partial charge is 0.308 e. The summed E-state index contributed by atoms with van der Waals surface area (Å²) in [7, 11) is 1.55. The van der Waals surface area contributed by atoms with Gasteiger partial charge in [-0.2, -0.15) is 0 Å². The van der Waals surface area contributed by atoms with Crippen molar-refractivity contribution in [2.24, 2.45) is 23.2 Å². The predicted octanol–water partition coefficient (Wildman–Crippen LogP) is 4.09. The first-order valence-electron chi connectivity index (χ1n) is 9.99. The number of ether oxygens (including phenoxy) is 4. The van der Waals surface area contributed by atoms with Crippen LogP contribution in [-0.4, -0.2) is 32.3 Å². The Morgan fingerprint density at radius 3 is 2.52 bits per heavy atom. The highest BCUT2D eigenvalue weighted by atomic mass is 16.6. The second-order valence-corrected chi connectivity index (χ2v) is 8.26. The first-order valence-corrected chi connectivity index (χ1v) is 9.99. The average molecular weight is 402 g/mol. The number of fused-ring (bicyclic) bond motifs is 2. The highest BCUT2D eigenvalue weighted by Crippen LogP contribution is 2.56. The fraction of sp³-hybridized carbons (Fsp3) is 0.565. The van der Waals surface area contributed by atoms with Gasteiger partial charge in [-0.15, -0.1) is 0 Å². The van der Waals surface area contributed by atoms with Gasteiger partial charge in [-0.3, -0.25) is 9.59 Å². The van der Waals surface area contributed by atoms with E-state index in [1.807, 2.05) is 12.1 Å². The van der Waals surface area contributed by atoms with E-state index in [1.165, 1.54) is 19.4 Å². The number of rotatable bonds is 5. The van der Waals surface area contributed by atoms with E-state index in [2.05, 4.69) is 26.8 Å². The van der Waals surface area contributed by atoms with Crippen LogP contribution in [0, 0.1) is 23.2 Å². The first kappa shape index (κ1) is 21.4. The van der Waals surface area contributed by atoms with Crippen molar-refractivity contribution < 1.29 is 28.5 Å². The molecule has 0 amide bonds. The van der Waals surface area contributed by atoms with Gasteiger partial charge in [-0.05, 0) is 36.5 Å². The molecule has 1 fully saturated rings. The Balaban J connectivity index is 1.95. The molecule has 0 unspecified atom stereocenters. The van der Waals surface area contributed by atoms with Crippen LogP contribution in [0.2, 0.25) is 0 Å². The van der Waals surface area contributed by atoms with Gasteiger partial charge >= 0.3 is 11.9 Å². The van der Waals surface area contributed by atoms with Gasteiger partial charge in [-0.1, -0.05) is 31.6 Å². The monoisotopic (exact) mass is 402 g/mol. The maximum absolute atomic E-state index is 11.5. The maximum atomic E-state index is 11.5. The van der Waals surface area contributed by atoms with Crippen molar-refractivity contribution >= 4 is 11.9 Å². The van der Waals surface area contributed by atoms with Crippen molar-refractivity contribution in [1.29, 1.82) is 0 Å². The third kappa shape index (κ3) is 3.90. The summed E-state index contributed by atoms with van der Waals surface area (Å²) in [6.07, 6.45) is 2.13. The van der Waals surface area contributed by atoms with Crippen molar-refractivity contribution in [3.63, 3.8) is 0 Å². The van der Waals surface area contributed by atoms with Gasteiger partial charge in [0.2, 0.25) is 0 Å². The summed E-state index contributed by atoms with van der Waals surface area (Å²) >= 11 is 0. The molecule has 2 bridgehead atoms. The quantitative estimate of drug-likeness (QED) is 0.420. The van der Waals surface area contributed by atoms with Crippen LogP contribution in [0.15, 0.2) is 29.8 Å². The molecule has 6 nitrogen and oxygen atoms in total. The molecule has 1 saturated heterocycles. The fourth-order valence-electron chi connectivity index (χ4n) is 4.89. The molecule has 1 aliphatic heterocycles. The summed E-state index contributed by atoms with van der Waals surface area (Å²) in [6, 6.07) is 5.54. The number of benzene rings is 1. The largest absolute Gasteiger partial charge is 0.493 e.